The third-order valence-corrected chi connectivity index (χ3v) is 4.46. The average molecular weight is 283 g/mol. The summed E-state index contributed by atoms with van der Waals surface area (Å²) < 4.78 is 5.33. The van der Waals surface area contributed by atoms with Crippen LogP contribution in [-0.4, -0.2) is 62.8 Å². The third-order valence-electron chi connectivity index (χ3n) is 4.46. The maximum atomic E-state index is 12.0. The molecule has 2 rings (SSSR count). The standard InChI is InChI=1S/C15H29N3O2/c1-12(20-2)10-18-8-4-5-13(11-18)9-17-15(19)14-6-3-7-16-14/h12-14,16H,3-11H2,1-2H3,(H,17,19). The molecule has 3 atom stereocenters. The average Bonchev–Trinajstić information content (AvgIpc) is 2.99. The minimum atomic E-state index is 0.0446. The molecule has 2 aliphatic rings. The molecule has 0 aromatic rings. The van der Waals surface area contributed by atoms with Crippen LogP contribution in [0.5, 0.6) is 0 Å². The van der Waals surface area contributed by atoms with E-state index in [0.29, 0.717) is 5.92 Å². The van der Waals surface area contributed by atoms with Crippen LogP contribution in [0, 0.1) is 5.92 Å². The van der Waals surface area contributed by atoms with Crippen molar-refractivity contribution in [1.29, 1.82) is 0 Å². The molecular weight excluding hydrogens is 254 g/mol. The van der Waals surface area contributed by atoms with Gasteiger partial charge in [-0.15, -0.1) is 0 Å². The second kappa shape index (κ2) is 7.96. The second-order valence-corrected chi connectivity index (χ2v) is 6.21. The van der Waals surface area contributed by atoms with Crippen molar-refractivity contribution >= 4 is 5.91 Å². The summed E-state index contributed by atoms with van der Waals surface area (Å²) in [5.41, 5.74) is 0. The Hall–Kier alpha value is -0.650. The van der Waals surface area contributed by atoms with Crippen molar-refractivity contribution in [3.8, 4) is 0 Å². The molecule has 0 spiro atoms. The molecule has 2 aliphatic heterocycles. The van der Waals surface area contributed by atoms with Gasteiger partial charge < -0.3 is 20.3 Å². The van der Waals surface area contributed by atoms with Gasteiger partial charge in [0, 0.05) is 26.7 Å². The first-order valence-corrected chi connectivity index (χ1v) is 7.95. The van der Waals surface area contributed by atoms with Gasteiger partial charge in [-0.1, -0.05) is 0 Å². The number of methoxy groups -OCH3 is 1. The van der Waals surface area contributed by atoms with Crippen molar-refractivity contribution in [2.45, 2.75) is 44.8 Å². The highest BCUT2D eigenvalue weighted by atomic mass is 16.5. The lowest BCUT2D eigenvalue weighted by molar-refractivity contribution is -0.123. The molecule has 20 heavy (non-hydrogen) atoms. The zero-order chi connectivity index (χ0) is 14.4. The molecule has 2 heterocycles. The number of carbonyl (C=O) groups excluding carboxylic acids is 1. The molecule has 5 nitrogen and oxygen atoms in total. The predicted molar refractivity (Wildman–Crippen MR) is 79.7 cm³/mol. The Morgan fingerprint density at radius 3 is 3.00 bits per heavy atom. The number of nitrogens with zero attached hydrogens (tertiary/aromatic N) is 1. The summed E-state index contributed by atoms with van der Waals surface area (Å²) in [5.74, 6) is 0.767. The Labute approximate surface area is 122 Å². The van der Waals surface area contributed by atoms with Crippen molar-refractivity contribution < 1.29 is 9.53 Å². The van der Waals surface area contributed by atoms with Gasteiger partial charge in [0.2, 0.25) is 5.91 Å². The van der Waals surface area contributed by atoms with E-state index in [1.54, 1.807) is 7.11 Å². The van der Waals surface area contributed by atoms with E-state index in [2.05, 4.69) is 22.5 Å². The summed E-state index contributed by atoms with van der Waals surface area (Å²) in [5, 5.41) is 6.37. The van der Waals surface area contributed by atoms with E-state index in [1.807, 2.05) is 0 Å². The Balaban J connectivity index is 1.68. The first-order chi connectivity index (χ1) is 9.69. The number of amides is 1. The van der Waals surface area contributed by atoms with Gasteiger partial charge in [0.25, 0.3) is 0 Å². The van der Waals surface area contributed by atoms with Crippen LogP contribution in [0.3, 0.4) is 0 Å². The number of piperidine rings is 1. The quantitative estimate of drug-likeness (QED) is 0.749. The fourth-order valence-corrected chi connectivity index (χ4v) is 3.20. The van der Waals surface area contributed by atoms with Crippen molar-refractivity contribution in [2.75, 3.05) is 39.8 Å². The highest BCUT2D eigenvalue weighted by Crippen LogP contribution is 2.16. The van der Waals surface area contributed by atoms with Crippen molar-refractivity contribution in [2.24, 2.45) is 5.92 Å². The van der Waals surface area contributed by atoms with E-state index in [0.717, 1.165) is 45.6 Å². The van der Waals surface area contributed by atoms with E-state index in [4.69, 9.17) is 4.74 Å². The first kappa shape index (κ1) is 15.7. The monoisotopic (exact) mass is 283 g/mol. The summed E-state index contributed by atoms with van der Waals surface area (Å²) in [6.45, 7) is 7.12. The molecule has 2 fully saturated rings. The van der Waals surface area contributed by atoms with Gasteiger partial charge in [-0.2, -0.15) is 0 Å². The normalized spacial score (nSPS) is 29.3. The maximum Gasteiger partial charge on any atom is 0.237 e. The number of hydrogen-bond acceptors (Lipinski definition) is 4. The van der Waals surface area contributed by atoms with Crippen LogP contribution in [-0.2, 0) is 9.53 Å². The van der Waals surface area contributed by atoms with Crippen LogP contribution in [0.1, 0.15) is 32.6 Å². The molecule has 1 amide bonds. The number of carbonyl (C=O) groups is 1. The van der Waals surface area contributed by atoms with Crippen molar-refractivity contribution in [1.82, 2.24) is 15.5 Å². The topological polar surface area (TPSA) is 53.6 Å². The zero-order valence-electron chi connectivity index (χ0n) is 12.9. The Kier molecular flexibility index (Phi) is 6.26. The van der Waals surface area contributed by atoms with Gasteiger partial charge in [0.15, 0.2) is 0 Å². The van der Waals surface area contributed by atoms with E-state index >= 15 is 0 Å². The van der Waals surface area contributed by atoms with Gasteiger partial charge in [-0.3, -0.25) is 4.79 Å². The molecule has 3 unspecified atom stereocenters. The lowest BCUT2D eigenvalue weighted by Gasteiger charge is -2.34. The SMILES string of the molecule is COC(C)CN1CCCC(CNC(=O)C2CCCN2)C1. The lowest BCUT2D eigenvalue weighted by atomic mass is 9.97. The Morgan fingerprint density at radius 1 is 1.45 bits per heavy atom. The summed E-state index contributed by atoms with van der Waals surface area (Å²) in [6, 6.07) is 0.0446. The van der Waals surface area contributed by atoms with Crippen molar-refractivity contribution in [3.05, 3.63) is 0 Å². The van der Waals surface area contributed by atoms with Gasteiger partial charge in [0.1, 0.15) is 0 Å². The van der Waals surface area contributed by atoms with Crippen LogP contribution in [0.4, 0.5) is 0 Å². The summed E-state index contributed by atoms with van der Waals surface area (Å²) in [4.78, 5) is 14.4. The molecular formula is C15H29N3O2. The Morgan fingerprint density at radius 2 is 2.30 bits per heavy atom. The van der Waals surface area contributed by atoms with Crippen molar-refractivity contribution in [3.63, 3.8) is 0 Å². The molecule has 0 aromatic carbocycles. The first-order valence-electron chi connectivity index (χ1n) is 7.95. The molecule has 2 saturated heterocycles. The molecule has 0 radical (unpaired) electrons. The minimum Gasteiger partial charge on any atom is -0.380 e. The number of nitrogens with one attached hydrogen (secondary N) is 2. The van der Waals surface area contributed by atoms with Gasteiger partial charge in [-0.05, 0) is 51.6 Å². The number of rotatable bonds is 6. The molecule has 5 heteroatoms. The number of ether oxygens (including phenoxy) is 1. The molecule has 0 aliphatic carbocycles. The fraction of sp³-hybridized carbons (Fsp3) is 0.933. The van der Waals surface area contributed by atoms with E-state index in [9.17, 15) is 4.79 Å². The summed E-state index contributed by atoms with van der Waals surface area (Å²) >= 11 is 0. The van der Waals surface area contributed by atoms with Gasteiger partial charge in [-0.25, -0.2) is 0 Å². The molecule has 0 bridgehead atoms. The fourth-order valence-electron chi connectivity index (χ4n) is 3.20. The summed E-state index contributed by atoms with van der Waals surface area (Å²) in [6.07, 6.45) is 4.82. The summed E-state index contributed by atoms with van der Waals surface area (Å²) in [7, 11) is 1.76. The van der Waals surface area contributed by atoms with Gasteiger partial charge in [0.05, 0.1) is 12.1 Å². The third kappa shape index (κ3) is 4.72. The minimum absolute atomic E-state index is 0.0446. The highest BCUT2D eigenvalue weighted by Gasteiger charge is 2.25. The van der Waals surface area contributed by atoms with Crippen LogP contribution in [0.2, 0.25) is 0 Å². The predicted octanol–water partition coefficient (Wildman–Crippen LogP) is 0.602. The van der Waals surface area contributed by atoms with Crippen LogP contribution in [0.25, 0.3) is 0 Å². The van der Waals surface area contributed by atoms with Crippen LogP contribution in [0.15, 0.2) is 0 Å². The molecule has 2 N–H and O–H groups in total. The van der Waals surface area contributed by atoms with Crippen LogP contribution >= 0.6 is 0 Å². The van der Waals surface area contributed by atoms with E-state index in [1.165, 1.54) is 12.8 Å². The molecule has 0 saturated carbocycles. The van der Waals surface area contributed by atoms with Gasteiger partial charge >= 0.3 is 0 Å². The van der Waals surface area contributed by atoms with Crippen LogP contribution < -0.4 is 10.6 Å². The maximum absolute atomic E-state index is 12.0. The van der Waals surface area contributed by atoms with E-state index < -0.39 is 0 Å². The molecule has 116 valence electrons. The number of likely N-dealkylation sites (tertiary alicyclic amines) is 1. The molecule has 0 aromatic heterocycles. The van der Waals surface area contributed by atoms with E-state index in [-0.39, 0.29) is 18.1 Å². The smallest absolute Gasteiger partial charge is 0.237 e. The second-order valence-electron chi connectivity index (χ2n) is 6.21. The number of hydrogen-bond donors (Lipinski definition) is 2. The Bertz CT molecular complexity index is 305. The highest BCUT2D eigenvalue weighted by molar-refractivity contribution is 5.81. The zero-order valence-corrected chi connectivity index (χ0v) is 12.9. The lowest BCUT2D eigenvalue weighted by Crippen LogP contribution is -2.46. The largest absolute Gasteiger partial charge is 0.380 e.